The summed E-state index contributed by atoms with van der Waals surface area (Å²) in [4.78, 5) is 10.4. The first-order valence-corrected chi connectivity index (χ1v) is 5.00. The number of allylic oxidation sites excluding steroid dienone is 1. The number of aliphatic hydroxyl groups excluding tert-OH is 4. The van der Waals surface area contributed by atoms with Crippen LogP contribution in [0.25, 0.3) is 0 Å². The Morgan fingerprint density at radius 1 is 1.29 bits per heavy atom. The van der Waals surface area contributed by atoms with Crippen LogP contribution < -0.4 is 5.32 Å². The van der Waals surface area contributed by atoms with Crippen LogP contribution >= 0.6 is 0 Å². The van der Waals surface area contributed by atoms with Crippen LogP contribution in [-0.4, -0.2) is 63.5 Å². The summed E-state index contributed by atoms with van der Waals surface area (Å²) in [5, 5.41) is 39.8. The Morgan fingerprint density at radius 2 is 1.94 bits per heavy atom. The van der Waals surface area contributed by atoms with Crippen LogP contribution in [0.5, 0.6) is 0 Å². The lowest BCUT2D eigenvalue weighted by Crippen LogP contribution is -2.61. The number of hydrogen-bond donors (Lipinski definition) is 5. The van der Waals surface area contributed by atoms with Crippen LogP contribution in [0.3, 0.4) is 0 Å². The predicted octanol–water partition coefficient (Wildman–Crippen LogP) is -2.83. The number of ether oxygens (including phenoxy) is 1. The van der Waals surface area contributed by atoms with Crippen molar-refractivity contribution in [1.82, 2.24) is 5.32 Å². The number of ketones is 1. The summed E-state index contributed by atoms with van der Waals surface area (Å²) in [6, 6.07) is 0. The monoisotopic (exact) mass is 245 g/mol. The van der Waals surface area contributed by atoms with E-state index in [4.69, 9.17) is 16.8 Å². The predicted molar refractivity (Wildman–Crippen MR) is 55.3 cm³/mol. The van der Waals surface area contributed by atoms with Gasteiger partial charge >= 0.3 is 0 Å². The summed E-state index contributed by atoms with van der Waals surface area (Å²) in [5.74, 6) is -0.693. The molecule has 96 valence electrons. The third kappa shape index (κ3) is 3.48. The van der Waals surface area contributed by atoms with Crippen molar-refractivity contribution in [1.29, 1.82) is 0 Å². The largest absolute Gasteiger partial charge is 0.394 e. The zero-order valence-electron chi connectivity index (χ0n) is 8.93. The smallest absolute Gasteiger partial charge is 0.161 e. The highest BCUT2D eigenvalue weighted by Crippen LogP contribution is 2.19. The van der Waals surface area contributed by atoms with E-state index in [1.807, 2.05) is 0 Å². The second kappa shape index (κ2) is 6.08. The first-order chi connectivity index (χ1) is 7.97. The maximum absolute atomic E-state index is 10.4. The molecule has 0 aromatic rings. The van der Waals surface area contributed by atoms with Gasteiger partial charge in [-0.2, -0.15) is 0 Å². The van der Waals surface area contributed by atoms with Gasteiger partial charge in [0.1, 0.15) is 24.4 Å². The van der Waals surface area contributed by atoms with Crippen LogP contribution in [0.1, 0.15) is 0 Å². The maximum atomic E-state index is 10.4. The van der Waals surface area contributed by atoms with E-state index in [1.54, 1.807) is 0 Å². The van der Waals surface area contributed by atoms with E-state index in [0.717, 1.165) is 12.3 Å². The normalized spacial score (nSPS) is 38.3. The molecule has 1 rings (SSSR count). The van der Waals surface area contributed by atoms with Gasteiger partial charge in [0.05, 0.1) is 6.61 Å². The standard InChI is InChI=1S/C10H15NO6/c1-5(13)2-3-11-10-9(16)8(15)7(14)6(4-12)17-10/h1-3,6-12,14-16H,4H2/b3-2-/t6-,7+,8-,9-,10-/m1/s1. The van der Waals surface area contributed by atoms with Crippen molar-refractivity contribution in [3.05, 3.63) is 19.2 Å². The van der Waals surface area contributed by atoms with E-state index < -0.39 is 43.0 Å². The van der Waals surface area contributed by atoms with E-state index in [-0.39, 0.29) is 0 Å². The zero-order chi connectivity index (χ0) is 13.0. The van der Waals surface area contributed by atoms with Crippen molar-refractivity contribution < 1.29 is 30.0 Å². The van der Waals surface area contributed by atoms with Crippen LogP contribution in [0.2, 0.25) is 0 Å². The molecule has 0 bridgehead atoms. The molecule has 1 heterocycles. The quantitative estimate of drug-likeness (QED) is 0.339. The van der Waals surface area contributed by atoms with Crippen LogP contribution in [-0.2, 0) is 9.53 Å². The maximum Gasteiger partial charge on any atom is 0.161 e. The lowest BCUT2D eigenvalue weighted by molar-refractivity contribution is -0.233. The van der Waals surface area contributed by atoms with Gasteiger partial charge in [-0.05, 0) is 6.08 Å². The molecule has 5 N–H and O–H groups in total. The van der Waals surface area contributed by atoms with Gasteiger partial charge in [-0.25, -0.2) is 0 Å². The van der Waals surface area contributed by atoms with Crippen molar-refractivity contribution in [2.45, 2.75) is 30.6 Å². The molecular formula is C10H15NO6. The van der Waals surface area contributed by atoms with Crippen LogP contribution in [0.15, 0.2) is 12.3 Å². The average molecular weight is 245 g/mol. The van der Waals surface area contributed by atoms with Crippen molar-refractivity contribution in [2.24, 2.45) is 0 Å². The minimum absolute atomic E-state index is 0.511. The molecule has 1 fully saturated rings. The fourth-order valence-electron chi connectivity index (χ4n) is 1.46. The Morgan fingerprint density at radius 3 is 2.47 bits per heavy atom. The Bertz CT molecular complexity index is 293. The molecule has 0 aliphatic carbocycles. The fourth-order valence-corrected chi connectivity index (χ4v) is 1.46. The van der Waals surface area contributed by atoms with Gasteiger partial charge in [-0.1, -0.05) is 0 Å². The zero-order valence-corrected chi connectivity index (χ0v) is 8.93. The van der Waals surface area contributed by atoms with E-state index >= 15 is 0 Å². The Balaban J connectivity index is 2.62. The summed E-state index contributed by atoms with van der Waals surface area (Å²) < 4.78 is 5.09. The van der Waals surface area contributed by atoms with Gasteiger partial charge < -0.3 is 30.5 Å². The molecule has 1 aliphatic heterocycles. The molecule has 1 aliphatic rings. The number of aliphatic hydroxyl groups is 4. The summed E-state index contributed by atoms with van der Waals surface area (Å²) in [6.07, 6.45) is -4.16. The Labute approximate surface area is 98.3 Å². The van der Waals surface area contributed by atoms with Gasteiger partial charge in [0, 0.05) is 13.1 Å². The van der Waals surface area contributed by atoms with Gasteiger partial charge in [-0.15, -0.1) is 0 Å². The molecule has 0 aromatic heterocycles. The summed E-state index contributed by atoms with van der Waals surface area (Å²) in [7, 11) is 0. The first-order valence-electron chi connectivity index (χ1n) is 5.00. The highest BCUT2D eigenvalue weighted by Gasteiger charge is 2.42. The van der Waals surface area contributed by atoms with Gasteiger partial charge in [0.25, 0.3) is 0 Å². The molecule has 17 heavy (non-hydrogen) atoms. The van der Waals surface area contributed by atoms with E-state index in [2.05, 4.69) is 5.32 Å². The molecule has 7 heteroatoms. The Kier molecular flexibility index (Phi) is 5.03. The van der Waals surface area contributed by atoms with Crippen molar-refractivity contribution in [2.75, 3.05) is 6.61 Å². The molecule has 5 atom stereocenters. The highest BCUT2D eigenvalue weighted by atomic mass is 16.6. The molecule has 0 saturated carbocycles. The number of nitrogens with one attached hydrogen (secondary N) is 1. The molecule has 0 aromatic carbocycles. The van der Waals surface area contributed by atoms with Crippen molar-refractivity contribution >= 4 is 5.78 Å². The van der Waals surface area contributed by atoms with E-state index in [9.17, 15) is 20.1 Å². The second-order valence-electron chi connectivity index (χ2n) is 3.65. The van der Waals surface area contributed by atoms with Gasteiger partial charge in [0.15, 0.2) is 12.0 Å². The molecule has 1 saturated heterocycles. The number of rotatable bonds is 4. The number of carbonyl (C=O) groups excluding carboxylic acids is 1. The van der Waals surface area contributed by atoms with Gasteiger partial charge in [0.2, 0.25) is 0 Å². The molecular weight excluding hydrogens is 230 g/mol. The number of hydrogen-bond acceptors (Lipinski definition) is 7. The first kappa shape index (κ1) is 14.1. The minimum atomic E-state index is -1.46. The highest BCUT2D eigenvalue weighted by molar-refractivity contribution is 5.93. The fraction of sp³-hybridized carbons (Fsp3) is 0.600. The average Bonchev–Trinajstić information content (AvgIpc) is 2.29. The van der Waals surface area contributed by atoms with E-state index in [1.165, 1.54) is 0 Å². The SMILES string of the molecule is [CH]C(=O)/C=C\N[C@@H]1O[C@H](CO)[C@H](O)[C@@H](O)[C@H]1O. The minimum Gasteiger partial charge on any atom is -0.394 e. The van der Waals surface area contributed by atoms with Crippen molar-refractivity contribution in [3.8, 4) is 0 Å². The summed E-state index contributed by atoms with van der Waals surface area (Å²) >= 11 is 0. The third-order valence-electron chi connectivity index (χ3n) is 2.40. The summed E-state index contributed by atoms with van der Waals surface area (Å²) in [6.45, 7) is 4.34. The second-order valence-corrected chi connectivity index (χ2v) is 3.65. The van der Waals surface area contributed by atoms with Gasteiger partial charge in [-0.3, -0.25) is 4.79 Å². The lowest BCUT2D eigenvalue weighted by atomic mass is 9.98. The Hall–Kier alpha value is -0.990. The third-order valence-corrected chi connectivity index (χ3v) is 2.40. The molecule has 0 spiro atoms. The summed E-state index contributed by atoms with van der Waals surface area (Å²) in [5.41, 5.74) is 0. The topological polar surface area (TPSA) is 119 Å². The van der Waals surface area contributed by atoms with Crippen LogP contribution in [0, 0.1) is 6.92 Å². The lowest BCUT2D eigenvalue weighted by Gasteiger charge is -2.39. The molecule has 7 nitrogen and oxygen atoms in total. The molecule has 2 radical (unpaired) electrons. The van der Waals surface area contributed by atoms with Crippen molar-refractivity contribution in [3.63, 3.8) is 0 Å². The molecule has 0 amide bonds. The van der Waals surface area contributed by atoms with Crippen LogP contribution in [0.4, 0.5) is 0 Å². The van der Waals surface area contributed by atoms with E-state index in [0.29, 0.717) is 0 Å². The molecule has 0 unspecified atom stereocenters. The number of carbonyl (C=O) groups is 1.